The number of anilines is 1. The molecule has 0 aliphatic carbocycles. The number of benzene rings is 1. The molecule has 1 saturated heterocycles. The third-order valence-corrected chi connectivity index (χ3v) is 5.61. The lowest BCUT2D eigenvalue weighted by molar-refractivity contribution is -0.135. The fourth-order valence-electron chi connectivity index (χ4n) is 3.83. The zero-order valence-corrected chi connectivity index (χ0v) is 17.8. The van der Waals surface area contributed by atoms with E-state index in [0.29, 0.717) is 0 Å². The first-order valence-electron chi connectivity index (χ1n) is 10.7. The van der Waals surface area contributed by atoms with Crippen molar-refractivity contribution in [2.24, 2.45) is 5.92 Å². The summed E-state index contributed by atoms with van der Waals surface area (Å²) in [5.41, 5.74) is 1.84. The molecule has 0 spiro atoms. The summed E-state index contributed by atoms with van der Waals surface area (Å²) >= 11 is 0. The molecule has 1 amide bonds. The highest BCUT2D eigenvalue weighted by atomic mass is 16.5. The van der Waals surface area contributed by atoms with Gasteiger partial charge >= 0.3 is 0 Å². The number of ether oxygens (including phenoxy) is 1. The van der Waals surface area contributed by atoms with Gasteiger partial charge < -0.3 is 14.5 Å². The second-order valence-electron chi connectivity index (χ2n) is 7.56. The topological polar surface area (TPSA) is 58.6 Å². The van der Waals surface area contributed by atoms with Crippen LogP contribution in [0.15, 0.2) is 36.4 Å². The molecule has 2 heterocycles. The molecule has 1 aliphatic rings. The number of carbonyl (C=O) groups is 1. The molecule has 3 rings (SSSR count). The van der Waals surface area contributed by atoms with E-state index in [1.54, 1.807) is 7.11 Å². The molecular weight excluding hydrogens is 364 g/mol. The monoisotopic (exact) mass is 396 g/mol. The van der Waals surface area contributed by atoms with Crippen LogP contribution in [0.5, 0.6) is 5.75 Å². The van der Waals surface area contributed by atoms with E-state index in [9.17, 15) is 4.79 Å². The number of rotatable bonds is 8. The molecule has 0 bridgehead atoms. The van der Waals surface area contributed by atoms with Crippen molar-refractivity contribution < 1.29 is 9.53 Å². The fraction of sp³-hybridized carbons (Fsp3) is 0.522. The van der Waals surface area contributed by atoms with E-state index in [0.717, 1.165) is 74.7 Å². The van der Waals surface area contributed by atoms with Crippen LogP contribution in [0.1, 0.15) is 39.5 Å². The first kappa shape index (κ1) is 21.1. The van der Waals surface area contributed by atoms with Gasteiger partial charge in [0.1, 0.15) is 5.75 Å². The van der Waals surface area contributed by atoms with Gasteiger partial charge in [-0.2, -0.15) is 0 Å². The van der Waals surface area contributed by atoms with Gasteiger partial charge in [0.15, 0.2) is 5.82 Å². The number of amides is 1. The van der Waals surface area contributed by atoms with Crippen molar-refractivity contribution in [3.8, 4) is 17.0 Å². The number of carbonyl (C=O) groups excluding carboxylic acids is 1. The minimum absolute atomic E-state index is 0.0450. The molecular formula is C23H32N4O2. The second kappa shape index (κ2) is 10.2. The summed E-state index contributed by atoms with van der Waals surface area (Å²) in [5, 5.41) is 8.86. The van der Waals surface area contributed by atoms with Crippen molar-refractivity contribution >= 4 is 11.7 Å². The molecule has 1 unspecified atom stereocenters. The van der Waals surface area contributed by atoms with Crippen LogP contribution < -0.4 is 9.64 Å². The van der Waals surface area contributed by atoms with Crippen LogP contribution in [-0.2, 0) is 4.79 Å². The van der Waals surface area contributed by atoms with Crippen molar-refractivity contribution in [1.82, 2.24) is 15.1 Å². The maximum absolute atomic E-state index is 13.0. The number of piperidine rings is 1. The Morgan fingerprint density at radius 1 is 1.17 bits per heavy atom. The molecule has 29 heavy (non-hydrogen) atoms. The number of hydrogen-bond acceptors (Lipinski definition) is 5. The lowest BCUT2D eigenvalue weighted by Gasteiger charge is -2.35. The number of nitrogens with zero attached hydrogens (tertiary/aromatic N) is 4. The van der Waals surface area contributed by atoms with E-state index in [1.165, 1.54) is 0 Å². The van der Waals surface area contributed by atoms with Crippen LogP contribution in [0.3, 0.4) is 0 Å². The van der Waals surface area contributed by atoms with Crippen molar-refractivity contribution in [3.05, 3.63) is 36.4 Å². The molecule has 2 aromatic rings. The summed E-state index contributed by atoms with van der Waals surface area (Å²) in [6.07, 6.45) is 4.13. The molecule has 6 nitrogen and oxygen atoms in total. The maximum Gasteiger partial charge on any atom is 0.227 e. The van der Waals surface area contributed by atoms with Crippen LogP contribution in [0.25, 0.3) is 11.3 Å². The maximum atomic E-state index is 13.0. The first-order valence-corrected chi connectivity index (χ1v) is 10.7. The van der Waals surface area contributed by atoms with E-state index in [-0.39, 0.29) is 11.8 Å². The highest BCUT2D eigenvalue weighted by molar-refractivity contribution is 5.79. The summed E-state index contributed by atoms with van der Waals surface area (Å²) in [5.74, 6) is 2.00. The average Bonchev–Trinajstić information content (AvgIpc) is 2.79. The second-order valence-corrected chi connectivity index (χ2v) is 7.56. The zero-order chi connectivity index (χ0) is 20.6. The number of hydrogen-bond donors (Lipinski definition) is 0. The van der Waals surface area contributed by atoms with Crippen LogP contribution >= 0.6 is 0 Å². The standard InChI is InChI=1S/C23H32N4O2/c1-4-6-15-26(5-2)23(28)19-8-7-16-27(17-19)22-14-13-21(24-25-22)18-9-11-20(29-3)12-10-18/h9-14,19H,4-8,15-17H2,1-3H3. The molecule has 1 aromatic carbocycles. The van der Waals surface area contributed by atoms with Gasteiger partial charge in [0.25, 0.3) is 0 Å². The third-order valence-electron chi connectivity index (χ3n) is 5.61. The Bertz CT molecular complexity index is 776. The normalized spacial score (nSPS) is 16.5. The largest absolute Gasteiger partial charge is 0.497 e. The fourth-order valence-corrected chi connectivity index (χ4v) is 3.83. The molecule has 0 N–H and O–H groups in total. The quantitative estimate of drug-likeness (QED) is 0.675. The number of unbranched alkanes of at least 4 members (excludes halogenated alkanes) is 1. The van der Waals surface area contributed by atoms with E-state index < -0.39 is 0 Å². The molecule has 6 heteroatoms. The van der Waals surface area contributed by atoms with E-state index >= 15 is 0 Å². The molecule has 0 radical (unpaired) electrons. The molecule has 1 aliphatic heterocycles. The van der Waals surface area contributed by atoms with Gasteiger partial charge in [0.2, 0.25) is 5.91 Å². The van der Waals surface area contributed by atoms with Crippen LogP contribution in [0.2, 0.25) is 0 Å². The van der Waals surface area contributed by atoms with Crippen molar-refractivity contribution in [2.45, 2.75) is 39.5 Å². The first-order chi connectivity index (χ1) is 14.2. The van der Waals surface area contributed by atoms with E-state index in [4.69, 9.17) is 4.74 Å². The third kappa shape index (κ3) is 5.25. The Labute approximate surface area is 173 Å². The summed E-state index contributed by atoms with van der Waals surface area (Å²) < 4.78 is 5.21. The van der Waals surface area contributed by atoms with Crippen LogP contribution in [-0.4, -0.2) is 54.3 Å². The lowest BCUT2D eigenvalue weighted by Crippen LogP contribution is -2.45. The highest BCUT2D eigenvalue weighted by Crippen LogP contribution is 2.25. The molecule has 156 valence electrons. The van der Waals surface area contributed by atoms with Gasteiger partial charge in [-0.3, -0.25) is 4.79 Å². The summed E-state index contributed by atoms with van der Waals surface area (Å²) in [7, 11) is 1.66. The Balaban J connectivity index is 1.66. The van der Waals surface area contributed by atoms with E-state index in [2.05, 4.69) is 28.9 Å². The Morgan fingerprint density at radius 2 is 1.97 bits per heavy atom. The smallest absolute Gasteiger partial charge is 0.227 e. The van der Waals surface area contributed by atoms with Gasteiger partial charge in [0, 0.05) is 31.7 Å². The minimum atomic E-state index is 0.0450. The number of methoxy groups -OCH3 is 1. The van der Waals surface area contributed by atoms with Gasteiger partial charge in [-0.15, -0.1) is 10.2 Å². The van der Waals surface area contributed by atoms with Crippen molar-refractivity contribution in [3.63, 3.8) is 0 Å². The summed E-state index contributed by atoms with van der Waals surface area (Å²) in [6, 6.07) is 11.8. The summed E-state index contributed by atoms with van der Waals surface area (Å²) in [6.45, 7) is 7.51. The van der Waals surface area contributed by atoms with E-state index in [1.807, 2.05) is 41.3 Å². The van der Waals surface area contributed by atoms with Crippen molar-refractivity contribution in [2.75, 3.05) is 38.2 Å². The average molecular weight is 397 g/mol. The SMILES string of the molecule is CCCCN(CC)C(=O)C1CCCN(c2ccc(-c3ccc(OC)cc3)nn2)C1. The molecule has 0 saturated carbocycles. The molecule has 1 aromatic heterocycles. The predicted molar refractivity (Wildman–Crippen MR) is 116 cm³/mol. The van der Waals surface area contributed by atoms with Gasteiger partial charge in [-0.25, -0.2) is 0 Å². The Morgan fingerprint density at radius 3 is 2.59 bits per heavy atom. The number of aromatic nitrogens is 2. The highest BCUT2D eigenvalue weighted by Gasteiger charge is 2.29. The Kier molecular flexibility index (Phi) is 7.44. The molecule has 1 atom stereocenters. The van der Waals surface area contributed by atoms with Crippen LogP contribution in [0.4, 0.5) is 5.82 Å². The zero-order valence-electron chi connectivity index (χ0n) is 17.8. The van der Waals surface area contributed by atoms with Crippen molar-refractivity contribution in [1.29, 1.82) is 0 Å². The van der Waals surface area contributed by atoms with Gasteiger partial charge in [-0.1, -0.05) is 13.3 Å². The Hall–Kier alpha value is -2.63. The predicted octanol–water partition coefficient (Wildman–Crippen LogP) is 4.02. The van der Waals surface area contributed by atoms with Gasteiger partial charge in [-0.05, 0) is 62.6 Å². The molecule has 1 fully saturated rings. The van der Waals surface area contributed by atoms with Gasteiger partial charge in [0.05, 0.1) is 18.7 Å². The lowest BCUT2D eigenvalue weighted by atomic mass is 9.96. The summed E-state index contributed by atoms with van der Waals surface area (Å²) in [4.78, 5) is 17.2. The minimum Gasteiger partial charge on any atom is -0.497 e. The van der Waals surface area contributed by atoms with Crippen LogP contribution in [0, 0.1) is 5.92 Å².